The van der Waals surface area contributed by atoms with Crippen molar-refractivity contribution < 1.29 is 22.3 Å². The Kier molecular flexibility index (Phi) is 5.74. The predicted molar refractivity (Wildman–Crippen MR) is 109 cm³/mol. The number of nitrogens with zero attached hydrogens (tertiary/aromatic N) is 2. The first-order valence-corrected chi connectivity index (χ1v) is 11.8. The summed E-state index contributed by atoms with van der Waals surface area (Å²) < 4.78 is 46.1. The van der Waals surface area contributed by atoms with Gasteiger partial charge >= 0.3 is 0 Å². The lowest BCUT2D eigenvalue weighted by Crippen LogP contribution is -2.40. The number of carbonyl (C=O) groups excluding carboxylic acids is 1. The van der Waals surface area contributed by atoms with Crippen molar-refractivity contribution in [1.82, 2.24) is 9.29 Å². The van der Waals surface area contributed by atoms with Gasteiger partial charge in [0.15, 0.2) is 0 Å². The lowest BCUT2D eigenvalue weighted by Gasteiger charge is -2.26. The van der Waals surface area contributed by atoms with Crippen LogP contribution in [0.25, 0.3) is 9.88 Å². The van der Waals surface area contributed by atoms with Crippen molar-refractivity contribution >= 4 is 44.3 Å². The number of sulfonamides is 1. The number of carbonyl (C=O) groups is 1. The zero-order valence-corrected chi connectivity index (χ0v) is 17.4. The minimum atomic E-state index is -4.02. The largest absolute Gasteiger partial charge is 0.379 e. The van der Waals surface area contributed by atoms with Gasteiger partial charge in [-0.1, -0.05) is 6.07 Å². The highest BCUT2D eigenvalue weighted by Gasteiger charge is 2.29. The molecule has 0 saturated carbocycles. The average molecular weight is 454 g/mol. The molecule has 1 saturated heterocycles. The van der Waals surface area contributed by atoms with E-state index in [0.29, 0.717) is 4.88 Å². The van der Waals surface area contributed by atoms with Gasteiger partial charge in [-0.15, -0.1) is 22.7 Å². The molecule has 2 aromatic heterocycles. The lowest BCUT2D eigenvalue weighted by molar-refractivity contribution is 0.0729. The van der Waals surface area contributed by atoms with Crippen molar-refractivity contribution in [1.29, 1.82) is 0 Å². The predicted octanol–water partition coefficient (Wildman–Crippen LogP) is 3.28. The second-order valence-corrected chi connectivity index (χ2v) is 10.0. The van der Waals surface area contributed by atoms with E-state index >= 15 is 0 Å². The molecule has 0 spiro atoms. The molecular formula is C18H16FN3O4S3. The lowest BCUT2D eigenvalue weighted by atomic mass is 10.3. The maximum atomic E-state index is 14.3. The molecule has 1 aliphatic rings. The third-order valence-corrected chi connectivity index (χ3v) is 8.19. The molecule has 0 unspecified atom stereocenters. The van der Waals surface area contributed by atoms with Gasteiger partial charge in [0, 0.05) is 18.8 Å². The molecule has 1 aromatic carbocycles. The molecule has 3 aromatic rings. The summed E-state index contributed by atoms with van der Waals surface area (Å²) >= 11 is 2.75. The number of benzene rings is 1. The Hall–Kier alpha value is -2.18. The van der Waals surface area contributed by atoms with E-state index in [0.717, 1.165) is 22.0 Å². The number of thiophene rings is 1. The summed E-state index contributed by atoms with van der Waals surface area (Å²) in [5, 5.41) is 5.26. The van der Waals surface area contributed by atoms with Gasteiger partial charge in [0.25, 0.3) is 5.91 Å². The summed E-state index contributed by atoms with van der Waals surface area (Å²) in [6.45, 7) is 0.833. The molecule has 0 atom stereocenters. The molecule has 3 heterocycles. The van der Waals surface area contributed by atoms with Crippen LogP contribution in [-0.4, -0.2) is 49.9 Å². The summed E-state index contributed by atoms with van der Waals surface area (Å²) in [5.74, 6) is -1.31. The van der Waals surface area contributed by atoms with Crippen molar-refractivity contribution in [3.8, 4) is 9.88 Å². The molecule has 152 valence electrons. The van der Waals surface area contributed by atoms with Crippen LogP contribution in [0.4, 0.5) is 10.1 Å². The Morgan fingerprint density at radius 1 is 1.24 bits per heavy atom. The summed E-state index contributed by atoms with van der Waals surface area (Å²) in [6, 6.07) is 7.31. The summed E-state index contributed by atoms with van der Waals surface area (Å²) in [4.78, 5) is 17.6. The Labute approximate surface area is 174 Å². The van der Waals surface area contributed by atoms with E-state index < -0.39 is 26.6 Å². The van der Waals surface area contributed by atoms with E-state index in [2.05, 4.69) is 10.3 Å². The Morgan fingerprint density at radius 2 is 2.03 bits per heavy atom. The molecular weight excluding hydrogens is 437 g/mol. The third-order valence-electron chi connectivity index (χ3n) is 4.24. The standard InChI is InChI=1S/C18H16FN3O4S3/c19-13-4-3-12(10-16(13)29(24,25)22-5-7-26-8-6-22)21-17(23)15-11-20-18(28-15)14-2-1-9-27-14/h1-4,9-11H,5-8H2,(H,21,23). The highest BCUT2D eigenvalue weighted by Crippen LogP contribution is 2.30. The molecule has 1 fully saturated rings. The average Bonchev–Trinajstić information content (AvgIpc) is 3.42. The second kappa shape index (κ2) is 8.28. The zero-order chi connectivity index (χ0) is 20.4. The van der Waals surface area contributed by atoms with Crippen molar-refractivity contribution in [2.75, 3.05) is 31.6 Å². The Balaban J connectivity index is 1.55. The normalized spacial score (nSPS) is 15.3. The SMILES string of the molecule is O=C(Nc1ccc(F)c(S(=O)(=O)N2CCOCC2)c1)c1cnc(-c2cccs2)s1. The number of thiazole rings is 1. The van der Waals surface area contributed by atoms with E-state index in [1.165, 1.54) is 39.2 Å². The first kappa shape index (κ1) is 20.1. The van der Waals surface area contributed by atoms with Crippen LogP contribution in [0, 0.1) is 5.82 Å². The molecule has 4 rings (SSSR count). The van der Waals surface area contributed by atoms with E-state index in [1.807, 2.05) is 17.5 Å². The fourth-order valence-electron chi connectivity index (χ4n) is 2.79. The fraction of sp³-hybridized carbons (Fsp3) is 0.222. The van der Waals surface area contributed by atoms with Crippen molar-refractivity contribution in [2.45, 2.75) is 4.90 Å². The van der Waals surface area contributed by atoms with Gasteiger partial charge in [0.05, 0.1) is 24.3 Å². The van der Waals surface area contributed by atoms with Crippen molar-refractivity contribution in [3.05, 3.63) is 52.6 Å². The van der Waals surface area contributed by atoms with Crippen molar-refractivity contribution in [3.63, 3.8) is 0 Å². The molecule has 0 bridgehead atoms. The summed E-state index contributed by atoms with van der Waals surface area (Å²) in [7, 11) is -4.02. The second-order valence-electron chi connectivity index (χ2n) is 6.12. The van der Waals surface area contributed by atoms with Gasteiger partial charge < -0.3 is 10.1 Å². The van der Waals surface area contributed by atoms with Crippen LogP contribution in [-0.2, 0) is 14.8 Å². The van der Waals surface area contributed by atoms with Gasteiger partial charge in [-0.05, 0) is 29.6 Å². The number of anilines is 1. The molecule has 1 N–H and O–H groups in total. The quantitative estimate of drug-likeness (QED) is 0.641. The van der Waals surface area contributed by atoms with Crippen LogP contribution in [0.2, 0.25) is 0 Å². The molecule has 0 aliphatic carbocycles. The van der Waals surface area contributed by atoms with E-state index in [4.69, 9.17) is 4.74 Å². The molecule has 1 amide bonds. The summed E-state index contributed by atoms with van der Waals surface area (Å²) in [6.07, 6.45) is 1.46. The first-order chi connectivity index (χ1) is 13.9. The van der Waals surface area contributed by atoms with Crippen LogP contribution < -0.4 is 5.32 Å². The van der Waals surface area contributed by atoms with Crippen LogP contribution in [0.3, 0.4) is 0 Å². The molecule has 7 nitrogen and oxygen atoms in total. The number of hydrogen-bond acceptors (Lipinski definition) is 7. The molecule has 0 radical (unpaired) electrons. The highest BCUT2D eigenvalue weighted by molar-refractivity contribution is 7.89. The number of rotatable bonds is 5. The minimum absolute atomic E-state index is 0.157. The number of nitrogens with one attached hydrogen (secondary N) is 1. The number of hydrogen-bond donors (Lipinski definition) is 1. The number of ether oxygens (including phenoxy) is 1. The maximum absolute atomic E-state index is 14.3. The topological polar surface area (TPSA) is 88.6 Å². The van der Waals surface area contributed by atoms with E-state index in [1.54, 1.807) is 0 Å². The van der Waals surface area contributed by atoms with Gasteiger partial charge in [-0.2, -0.15) is 4.31 Å². The van der Waals surface area contributed by atoms with Crippen LogP contribution in [0.15, 0.2) is 46.8 Å². The highest BCUT2D eigenvalue weighted by atomic mass is 32.2. The van der Waals surface area contributed by atoms with Gasteiger partial charge in [-0.3, -0.25) is 4.79 Å². The summed E-state index contributed by atoms with van der Waals surface area (Å²) in [5.41, 5.74) is 0.189. The fourth-order valence-corrected chi connectivity index (χ4v) is 5.90. The third kappa shape index (κ3) is 4.23. The number of aromatic nitrogens is 1. The number of amides is 1. The maximum Gasteiger partial charge on any atom is 0.267 e. The molecule has 1 aliphatic heterocycles. The first-order valence-electron chi connectivity index (χ1n) is 8.63. The number of halogens is 1. The van der Waals surface area contributed by atoms with Crippen LogP contribution in [0.1, 0.15) is 9.67 Å². The zero-order valence-electron chi connectivity index (χ0n) is 15.0. The van der Waals surface area contributed by atoms with Crippen molar-refractivity contribution in [2.24, 2.45) is 0 Å². The minimum Gasteiger partial charge on any atom is -0.379 e. The molecule has 11 heteroatoms. The number of morpholine rings is 1. The van der Waals surface area contributed by atoms with Gasteiger partial charge in [0.1, 0.15) is 20.6 Å². The Bertz CT molecular complexity index is 1120. The molecule has 29 heavy (non-hydrogen) atoms. The van der Waals surface area contributed by atoms with Crippen LogP contribution >= 0.6 is 22.7 Å². The Morgan fingerprint density at radius 3 is 2.76 bits per heavy atom. The van der Waals surface area contributed by atoms with E-state index in [-0.39, 0.29) is 32.0 Å². The van der Waals surface area contributed by atoms with Crippen LogP contribution in [0.5, 0.6) is 0 Å². The monoisotopic (exact) mass is 453 g/mol. The van der Waals surface area contributed by atoms with E-state index in [9.17, 15) is 17.6 Å². The van der Waals surface area contributed by atoms with Gasteiger partial charge in [-0.25, -0.2) is 17.8 Å². The smallest absolute Gasteiger partial charge is 0.267 e. The van der Waals surface area contributed by atoms with Gasteiger partial charge in [0.2, 0.25) is 10.0 Å².